The summed E-state index contributed by atoms with van der Waals surface area (Å²) in [5.74, 6) is -0.902. The van der Waals surface area contributed by atoms with Gasteiger partial charge in [-0.1, -0.05) is 22.4 Å². The van der Waals surface area contributed by atoms with Gasteiger partial charge in [-0.25, -0.2) is 0 Å². The molecule has 0 spiro atoms. The Morgan fingerprint density at radius 1 is 1.16 bits per heavy atom. The third-order valence-corrected chi connectivity index (χ3v) is 3.68. The molecule has 0 radical (unpaired) electrons. The van der Waals surface area contributed by atoms with E-state index in [1.807, 2.05) is 12.1 Å². The molecule has 0 heterocycles. The SMILES string of the molecule is O=C(O)CCCCCNC(=O)c1ccc(Br)cc1Br. The summed E-state index contributed by atoms with van der Waals surface area (Å²) >= 11 is 6.67. The van der Waals surface area contributed by atoms with E-state index in [0.717, 1.165) is 21.8 Å². The zero-order valence-electron chi connectivity index (χ0n) is 10.3. The number of amides is 1. The minimum absolute atomic E-state index is 0.127. The van der Waals surface area contributed by atoms with Crippen molar-refractivity contribution in [3.05, 3.63) is 32.7 Å². The number of hydrogen-bond acceptors (Lipinski definition) is 2. The summed E-state index contributed by atoms with van der Waals surface area (Å²) in [5.41, 5.74) is 0.591. The molecule has 0 unspecified atom stereocenters. The maximum Gasteiger partial charge on any atom is 0.303 e. The maximum atomic E-state index is 11.9. The zero-order valence-corrected chi connectivity index (χ0v) is 13.5. The first kappa shape index (κ1) is 16.2. The van der Waals surface area contributed by atoms with Gasteiger partial charge in [-0.3, -0.25) is 9.59 Å². The lowest BCUT2D eigenvalue weighted by molar-refractivity contribution is -0.137. The molecule has 0 saturated heterocycles. The van der Waals surface area contributed by atoms with Gasteiger partial charge in [0.25, 0.3) is 5.91 Å². The van der Waals surface area contributed by atoms with Crippen molar-refractivity contribution in [2.75, 3.05) is 6.54 Å². The number of carboxylic acids is 1. The minimum atomic E-state index is -0.775. The Hall–Kier alpha value is -0.880. The van der Waals surface area contributed by atoms with Gasteiger partial charge in [0.15, 0.2) is 0 Å². The molecular weight excluding hydrogens is 378 g/mol. The largest absolute Gasteiger partial charge is 0.481 e. The molecule has 0 saturated carbocycles. The summed E-state index contributed by atoms with van der Waals surface area (Å²) in [4.78, 5) is 22.2. The van der Waals surface area contributed by atoms with Crippen LogP contribution >= 0.6 is 31.9 Å². The van der Waals surface area contributed by atoms with Gasteiger partial charge in [0.05, 0.1) is 5.56 Å². The molecule has 1 aromatic rings. The van der Waals surface area contributed by atoms with Crippen molar-refractivity contribution in [3.63, 3.8) is 0 Å². The zero-order chi connectivity index (χ0) is 14.3. The number of hydrogen-bond donors (Lipinski definition) is 2. The van der Waals surface area contributed by atoms with Crippen LogP contribution in [0.1, 0.15) is 36.0 Å². The number of rotatable bonds is 7. The average molecular weight is 393 g/mol. The molecular formula is C13H15Br2NO3. The molecule has 2 N–H and O–H groups in total. The lowest BCUT2D eigenvalue weighted by Crippen LogP contribution is -2.24. The fraction of sp³-hybridized carbons (Fsp3) is 0.385. The van der Waals surface area contributed by atoms with E-state index in [1.54, 1.807) is 6.07 Å². The summed E-state index contributed by atoms with van der Waals surface area (Å²) in [6, 6.07) is 5.38. The Bertz CT molecular complexity index is 463. The molecule has 6 heteroatoms. The molecule has 1 aromatic carbocycles. The van der Waals surface area contributed by atoms with Crippen LogP contribution < -0.4 is 5.32 Å². The van der Waals surface area contributed by atoms with Crippen molar-refractivity contribution < 1.29 is 14.7 Å². The Labute approximate surface area is 128 Å². The van der Waals surface area contributed by atoms with Gasteiger partial charge in [0, 0.05) is 21.9 Å². The third-order valence-electron chi connectivity index (χ3n) is 2.53. The minimum Gasteiger partial charge on any atom is -0.481 e. The van der Waals surface area contributed by atoms with Crippen LogP contribution in [0.5, 0.6) is 0 Å². The number of benzene rings is 1. The molecule has 104 valence electrons. The van der Waals surface area contributed by atoms with Crippen molar-refractivity contribution in [2.24, 2.45) is 0 Å². The van der Waals surface area contributed by atoms with Crippen molar-refractivity contribution in [3.8, 4) is 0 Å². The molecule has 0 aromatic heterocycles. The van der Waals surface area contributed by atoms with Crippen LogP contribution in [0, 0.1) is 0 Å². The van der Waals surface area contributed by atoms with Gasteiger partial charge >= 0.3 is 5.97 Å². The predicted molar refractivity (Wildman–Crippen MR) is 80.3 cm³/mol. The second-order valence-electron chi connectivity index (χ2n) is 4.08. The highest BCUT2D eigenvalue weighted by atomic mass is 79.9. The molecule has 4 nitrogen and oxygen atoms in total. The first-order chi connectivity index (χ1) is 9.00. The first-order valence-electron chi connectivity index (χ1n) is 5.95. The van der Waals surface area contributed by atoms with Crippen LogP contribution in [0.15, 0.2) is 27.1 Å². The highest BCUT2D eigenvalue weighted by Gasteiger charge is 2.09. The van der Waals surface area contributed by atoms with Crippen molar-refractivity contribution >= 4 is 43.7 Å². The number of carboxylic acid groups (broad SMARTS) is 1. The van der Waals surface area contributed by atoms with Gasteiger partial charge in [0.1, 0.15) is 0 Å². The molecule has 0 aliphatic rings. The first-order valence-corrected chi connectivity index (χ1v) is 7.54. The Kier molecular flexibility index (Phi) is 7.09. The fourth-order valence-corrected chi connectivity index (χ4v) is 2.78. The normalized spacial score (nSPS) is 10.2. The van der Waals surface area contributed by atoms with E-state index in [-0.39, 0.29) is 12.3 Å². The van der Waals surface area contributed by atoms with Gasteiger partial charge in [0.2, 0.25) is 0 Å². The predicted octanol–water partition coefficient (Wildman–Crippen LogP) is 3.59. The maximum absolute atomic E-state index is 11.9. The Morgan fingerprint density at radius 2 is 1.89 bits per heavy atom. The molecule has 1 amide bonds. The van der Waals surface area contributed by atoms with Crippen molar-refractivity contribution in [1.82, 2.24) is 5.32 Å². The number of unbranched alkanes of at least 4 members (excludes halogenated alkanes) is 2. The topological polar surface area (TPSA) is 66.4 Å². The smallest absolute Gasteiger partial charge is 0.303 e. The number of carbonyl (C=O) groups is 2. The van der Waals surface area contributed by atoms with E-state index >= 15 is 0 Å². The summed E-state index contributed by atoms with van der Waals surface area (Å²) in [5, 5.41) is 11.3. The molecule has 0 atom stereocenters. The molecule has 0 aliphatic heterocycles. The van der Waals surface area contributed by atoms with Gasteiger partial charge in [-0.15, -0.1) is 0 Å². The summed E-state index contributed by atoms with van der Waals surface area (Å²) in [6.07, 6.45) is 2.42. The van der Waals surface area contributed by atoms with Crippen LogP contribution in [-0.4, -0.2) is 23.5 Å². The van der Waals surface area contributed by atoms with Crippen molar-refractivity contribution in [1.29, 1.82) is 0 Å². The fourth-order valence-electron chi connectivity index (χ4n) is 1.55. The molecule has 19 heavy (non-hydrogen) atoms. The average Bonchev–Trinajstić information content (AvgIpc) is 2.32. The highest BCUT2D eigenvalue weighted by molar-refractivity contribution is 9.11. The third kappa shape index (κ3) is 6.20. The molecule has 1 rings (SSSR count). The second kappa shape index (κ2) is 8.32. The van der Waals surface area contributed by atoms with Crippen LogP contribution in [0.4, 0.5) is 0 Å². The second-order valence-corrected chi connectivity index (χ2v) is 5.85. The monoisotopic (exact) mass is 391 g/mol. The van der Waals surface area contributed by atoms with E-state index < -0.39 is 5.97 Å². The van der Waals surface area contributed by atoms with Crippen LogP contribution in [-0.2, 0) is 4.79 Å². The number of aliphatic carboxylic acids is 1. The van der Waals surface area contributed by atoms with E-state index in [1.165, 1.54) is 0 Å². The number of carbonyl (C=O) groups excluding carboxylic acids is 1. The van der Waals surface area contributed by atoms with E-state index in [0.29, 0.717) is 18.5 Å². The van der Waals surface area contributed by atoms with Crippen LogP contribution in [0.3, 0.4) is 0 Å². The Morgan fingerprint density at radius 3 is 2.53 bits per heavy atom. The lowest BCUT2D eigenvalue weighted by Gasteiger charge is -2.07. The van der Waals surface area contributed by atoms with E-state index in [2.05, 4.69) is 37.2 Å². The van der Waals surface area contributed by atoms with Gasteiger partial charge in [-0.05, 0) is 47.0 Å². The van der Waals surface area contributed by atoms with Crippen LogP contribution in [0.25, 0.3) is 0 Å². The summed E-state index contributed by atoms with van der Waals surface area (Å²) in [6.45, 7) is 0.557. The van der Waals surface area contributed by atoms with Crippen molar-refractivity contribution in [2.45, 2.75) is 25.7 Å². The molecule has 0 bridgehead atoms. The molecule has 0 aliphatic carbocycles. The van der Waals surface area contributed by atoms with E-state index in [9.17, 15) is 9.59 Å². The standard InChI is InChI=1S/C13H15Br2NO3/c14-9-5-6-10(11(15)8-9)13(19)16-7-3-1-2-4-12(17)18/h5-6,8H,1-4,7H2,(H,16,19)(H,17,18). The highest BCUT2D eigenvalue weighted by Crippen LogP contribution is 2.21. The summed E-state index contributed by atoms with van der Waals surface area (Å²) in [7, 11) is 0. The number of nitrogens with one attached hydrogen (secondary N) is 1. The van der Waals surface area contributed by atoms with Gasteiger partial charge in [-0.2, -0.15) is 0 Å². The van der Waals surface area contributed by atoms with Crippen LogP contribution in [0.2, 0.25) is 0 Å². The van der Waals surface area contributed by atoms with E-state index in [4.69, 9.17) is 5.11 Å². The van der Waals surface area contributed by atoms with Gasteiger partial charge < -0.3 is 10.4 Å². The quantitative estimate of drug-likeness (QED) is 0.697. The summed E-state index contributed by atoms with van der Waals surface area (Å²) < 4.78 is 1.65. The lowest BCUT2D eigenvalue weighted by atomic mass is 10.2. The number of halogens is 2. The Balaban J connectivity index is 2.29. The molecule has 0 fully saturated rings.